The highest BCUT2D eigenvalue weighted by molar-refractivity contribution is 6.42. The topological polar surface area (TPSA) is 24.9 Å². The van der Waals surface area contributed by atoms with Crippen molar-refractivity contribution < 1.29 is 0 Å². The zero-order chi connectivity index (χ0) is 9.68. The average molecular weight is 217 g/mol. The summed E-state index contributed by atoms with van der Waals surface area (Å²) in [6, 6.07) is 1.82. The highest BCUT2D eigenvalue weighted by Crippen LogP contribution is 2.23. The third-order valence-electron chi connectivity index (χ3n) is 1.50. The van der Waals surface area contributed by atoms with E-state index in [0.717, 1.165) is 12.1 Å². The summed E-state index contributed by atoms with van der Waals surface area (Å²) in [5.41, 5.74) is 0.886. The molecule has 70 valence electrons. The Hall–Kier alpha value is -0.570. The molecule has 0 unspecified atom stereocenters. The van der Waals surface area contributed by atoms with Crippen LogP contribution < -0.4 is 5.32 Å². The van der Waals surface area contributed by atoms with Crippen LogP contribution in [0.1, 0.15) is 5.56 Å². The maximum absolute atomic E-state index is 5.91. The monoisotopic (exact) mass is 216 g/mol. The molecule has 0 radical (unpaired) electrons. The SMILES string of the molecule is CNCC=Cc1ccnc(Cl)c1Cl. The van der Waals surface area contributed by atoms with E-state index < -0.39 is 0 Å². The first-order valence-corrected chi connectivity index (χ1v) is 4.62. The third kappa shape index (κ3) is 2.99. The summed E-state index contributed by atoms with van der Waals surface area (Å²) in [7, 11) is 1.88. The van der Waals surface area contributed by atoms with E-state index in [0.29, 0.717) is 10.2 Å². The first-order chi connectivity index (χ1) is 6.25. The number of aromatic nitrogens is 1. The van der Waals surface area contributed by atoms with Crippen LogP contribution in [0.5, 0.6) is 0 Å². The molecule has 1 rings (SSSR count). The van der Waals surface area contributed by atoms with Crippen molar-refractivity contribution >= 4 is 29.3 Å². The summed E-state index contributed by atoms with van der Waals surface area (Å²) < 4.78 is 0. The number of pyridine rings is 1. The number of rotatable bonds is 3. The average Bonchev–Trinajstić information content (AvgIpc) is 2.13. The Labute approximate surface area is 87.6 Å². The zero-order valence-electron chi connectivity index (χ0n) is 7.22. The fourth-order valence-electron chi connectivity index (χ4n) is 0.864. The Morgan fingerprint density at radius 2 is 2.31 bits per heavy atom. The molecule has 1 aromatic rings. The quantitative estimate of drug-likeness (QED) is 0.787. The predicted octanol–water partition coefficient (Wildman–Crippen LogP) is 2.62. The van der Waals surface area contributed by atoms with Gasteiger partial charge in [-0.15, -0.1) is 0 Å². The fourth-order valence-corrected chi connectivity index (χ4v) is 1.20. The maximum Gasteiger partial charge on any atom is 0.148 e. The summed E-state index contributed by atoms with van der Waals surface area (Å²) in [4.78, 5) is 3.85. The van der Waals surface area contributed by atoms with Gasteiger partial charge in [0.15, 0.2) is 0 Å². The van der Waals surface area contributed by atoms with Crippen molar-refractivity contribution in [1.29, 1.82) is 0 Å². The van der Waals surface area contributed by atoms with Gasteiger partial charge in [0, 0.05) is 12.7 Å². The molecule has 0 saturated heterocycles. The largest absolute Gasteiger partial charge is 0.316 e. The van der Waals surface area contributed by atoms with E-state index in [4.69, 9.17) is 23.2 Å². The normalized spacial score (nSPS) is 11.0. The van der Waals surface area contributed by atoms with Gasteiger partial charge in [-0.25, -0.2) is 4.98 Å². The standard InChI is InChI=1S/C9H10Cl2N2/c1-12-5-2-3-7-4-6-13-9(11)8(7)10/h2-4,6,12H,5H2,1H3. The van der Waals surface area contributed by atoms with Crippen LogP contribution in [0.15, 0.2) is 18.3 Å². The molecule has 13 heavy (non-hydrogen) atoms. The van der Waals surface area contributed by atoms with Crippen molar-refractivity contribution in [1.82, 2.24) is 10.3 Å². The van der Waals surface area contributed by atoms with Crippen LogP contribution in [-0.4, -0.2) is 18.6 Å². The van der Waals surface area contributed by atoms with E-state index in [2.05, 4.69) is 10.3 Å². The lowest BCUT2D eigenvalue weighted by Crippen LogP contribution is -2.03. The number of hydrogen-bond acceptors (Lipinski definition) is 2. The Balaban J connectivity index is 2.83. The molecular formula is C9H10Cl2N2. The van der Waals surface area contributed by atoms with Gasteiger partial charge in [-0.05, 0) is 18.7 Å². The van der Waals surface area contributed by atoms with Crippen molar-refractivity contribution in [2.75, 3.05) is 13.6 Å². The molecule has 0 amide bonds. The van der Waals surface area contributed by atoms with Crippen LogP contribution in [0.3, 0.4) is 0 Å². The van der Waals surface area contributed by atoms with Crippen molar-refractivity contribution in [3.8, 4) is 0 Å². The van der Waals surface area contributed by atoms with Crippen molar-refractivity contribution in [3.63, 3.8) is 0 Å². The molecule has 0 aromatic carbocycles. The van der Waals surface area contributed by atoms with Crippen LogP contribution >= 0.6 is 23.2 Å². The van der Waals surface area contributed by atoms with Crippen LogP contribution in [0.4, 0.5) is 0 Å². The van der Waals surface area contributed by atoms with Gasteiger partial charge in [-0.2, -0.15) is 0 Å². The minimum atomic E-state index is 0.341. The lowest BCUT2D eigenvalue weighted by molar-refractivity contribution is 0.922. The van der Waals surface area contributed by atoms with E-state index in [1.165, 1.54) is 0 Å². The second kappa shape index (κ2) is 5.22. The van der Waals surface area contributed by atoms with Crippen LogP contribution in [-0.2, 0) is 0 Å². The Bertz CT molecular complexity index is 310. The molecule has 0 aliphatic heterocycles. The van der Waals surface area contributed by atoms with Gasteiger partial charge >= 0.3 is 0 Å². The summed E-state index contributed by atoms with van der Waals surface area (Å²) >= 11 is 11.6. The smallest absolute Gasteiger partial charge is 0.148 e. The van der Waals surface area contributed by atoms with Gasteiger partial charge in [0.25, 0.3) is 0 Å². The highest BCUT2D eigenvalue weighted by atomic mass is 35.5. The van der Waals surface area contributed by atoms with Crippen LogP contribution in [0.2, 0.25) is 10.2 Å². The van der Waals surface area contributed by atoms with E-state index in [1.807, 2.05) is 25.3 Å². The molecule has 0 aliphatic carbocycles. The second-order valence-electron chi connectivity index (χ2n) is 2.47. The highest BCUT2D eigenvalue weighted by Gasteiger charge is 2.01. The van der Waals surface area contributed by atoms with E-state index in [1.54, 1.807) is 6.20 Å². The molecule has 0 spiro atoms. The minimum absolute atomic E-state index is 0.341. The molecular weight excluding hydrogens is 207 g/mol. The van der Waals surface area contributed by atoms with Gasteiger partial charge in [0.2, 0.25) is 0 Å². The second-order valence-corrected chi connectivity index (χ2v) is 3.20. The fraction of sp³-hybridized carbons (Fsp3) is 0.222. The molecule has 0 fully saturated rings. The van der Waals surface area contributed by atoms with Crippen molar-refractivity contribution in [2.45, 2.75) is 0 Å². The van der Waals surface area contributed by atoms with Gasteiger partial charge in [-0.3, -0.25) is 0 Å². The lowest BCUT2D eigenvalue weighted by atomic mass is 10.2. The first kappa shape index (κ1) is 10.5. The van der Waals surface area contributed by atoms with Crippen LogP contribution in [0, 0.1) is 0 Å². The number of hydrogen-bond donors (Lipinski definition) is 1. The Kier molecular flexibility index (Phi) is 4.22. The summed E-state index contributed by atoms with van der Waals surface area (Å²) in [6.45, 7) is 0.802. The minimum Gasteiger partial charge on any atom is -0.316 e. The van der Waals surface area contributed by atoms with Gasteiger partial charge in [-0.1, -0.05) is 35.4 Å². The van der Waals surface area contributed by atoms with Crippen molar-refractivity contribution in [2.24, 2.45) is 0 Å². The third-order valence-corrected chi connectivity index (χ3v) is 2.28. The van der Waals surface area contributed by atoms with Gasteiger partial charge < -0.3 is 5.32 Å². The molecule has 0 saturated carbocycles. The number of halogens is 2. The Morgan fingerprint density at radius 3 is 3.00 bits per heavy atom. The van der Waals surface area contributed by atoms with Crippen LogP contribution in [0.25, 0.3) is 6.08 Å². The number of likely N-dealkylation sites (N-methyl/N-ethyl adjacent to an activating group) is 1. The first-order valence-electron chi connectivity index (χ1n) is 3.87. The summed E-state index contributed by atoms with van der Waals surface area (Å²) in [6.07, 6.45) is 5.51. The summed E-state index contributed by atoms with van der Waals surface area (Å²) in [5.74, 6) is 0. The molecule has 4 heteroatoms. The number of nitrogens with one attached hydrogen (secondary N) is 1. The Morgan fingerprint density at radius 1 is 1.54 bits per heavy atom. The summed E-state index contributed by atoms with van der Waals surface area (Å²) in [5, 5.41) is 3.83. The molecule has 0 bridgehead atoms. The molecule has 1 aromatic heterocycles. The predicted molar refractivity (Wildman–Crippen MR) is 57.2 cm³/mol. The van der Waals surface area contributed by atoms with E-state index in [9.17, 15) is 0 Å². The molecule has 0 aliphatic rings. The molecule has 1 heterocycles. The van der Waals surface area contributed by atoms with Gasteiger partial charge in [0.05, 0.1) is 5.02 Å². The van der Waals surface area contributed by atoms with E-state index in [-0.39, 0.29) is 0 Å². The maximum atomic E-state index is 5.91. The molecule has 0 atom stereocenters. The molecule has 2 nitrogen and oxygen atoms in total. The molecule has 1 N–H and O–H groups in total. The zero-order valence-corrected chi connectivity index (χ0v) is 8.73. The van der Waals surface area contributed by atoms with Gasteiger partial charge in [0.1, 0.15) is 5.15 Å². The number of nitrogens with zero attached hydrogens (tertiary/aromatic N) is 1. The van der Waals surface area contributed by atoms with Crippen molar-refractivity contribution in [3.05, 3.63) is 34.1 Å². The lowest BCUT2D eigenvalue weighted by Gasteiger charge is -1.98. The van der Waals surface area contributed by atoms with E-state index >= 15 is 0 Å².